The second kappa shape index (κ2) is 9.71. The molecule has 0 spiro atoms. The first-order valence-corrected chi connectivity index (χ1v) is 11.3. The molecule has 6 nitrogen and oxygen atoms in total. The summed E-state index contributed by atoms with van der Waals surface area (Å²) in [6.45, 7) is 0. The summed E-state index contributed by atoms with van der Waals surface area (Å²) in [5, 5.41) is 6.38. The lowest BCUT2D eigenvalue weighted by Crippen LogP contribution is -2.22. The van der Waals surface area contributed by atoms with E-state index in [0.29, 0.717) is 6.04 Å². The molecule has 3 N–H and O–H groups in total. The van der Waals surface area contributed by atoms with E-state index < -0.39 is 10.0 Å². The van der Waals surface area contributed by atoms with E-state index in [1.165, 1.54) is 57.4 Å². The molecule has 154 valence electrons. The van der Waals surface area contributed by atoms with Gasteiger partial charge in [-0.25, -0.2) is 13.1 Å². The smallest absolute Gasteiger partial charge is 0.248 e. The predicted molar refractivity (Wildman–Crippen MR) is 117 cm³/mol. The summed E-state index contributed by atoms with van der Waals surface area (Å²) < 4.78 is 25.7. The Morgan fingerprint density at radius 1 is 0.931 bits per heavy atom. The first-order valence-electron chi connectivity index (χ1n) is 9.85. The summed E-state index contributed by atoms with van der Waals surface area (Å²) in [7, 11) is -2.09. The number of benzene rings is 2. The van der Waals surface area contributed by atoms with Crippen LogP contribution in [0.5, 0.6) is 0 Å². The molecule has 7 heteroatoms. The van der Waals surface area contributed by atoms with E-state index in [9.17, 15) is 13.2 Å². The third-order valence-corrected chi connectivity index (χ3v) is 6.44. The number of carbonyl (C=O) groups is 1. The normalized spacial score (nSPS) is 15.3. The fourth-order valence-electron chi connectivity index (χ4n) is 3.36. The molecule has 0 bridgehead atoms. The molecule has 0 radical (unpaired) electrons. The molecule has 0 atom stereocenters. The molecule has 2 aromatic rings. The van der Waals surface area contributed by atoms with Crippen LogP contribution in [-0.2, 0) is 14.8 Å². The molecule has 2 aromatic carbocycles. The van der Waals surface area contributed by atoms with Crippen molar-refractivity contribution < 1.29 is 13.2 Å². The monoisotopic (exact) mass is 413 g/mol. The number of hydrogen-bond acceptors (Lipinski definition) is 4. The second-order valence-corrected chi connectivity index (χ2v) is 9.04. The van der Waals surface area contributed by atoms with Crippen LogP contribution in [0.3, 0.4) is 0 Å². The van der Waals surface area contributed by atoms with Crippen molar-refractivity contribution in [3.8, 4) is 0 Å². The molecule has 1 saturated carbocycles. The zero-order valence-electron chi connectivity index (χ0n) is 16.5. The van der Waals surface area contributed by atoms with Gasteiger partial charge in [0.2, 0.25) is 15.9 Å². The molecule has 1 aliphatic carbocycles. The number of nitrogens with one attached hydrogen (secondary N) is 3. The number of amides is 1. The van der Waals surface area contributed by atoms with Crippen LogP contribution in [0.1, 0.15) is 37.7 Å². The molecule has 1 fully saturated rings. The molecule has 0 heterocycles. The molecule has 1 amide bonds. The van der Waals surface area contributed by atoms with Gasteiger partial charge in [0.1, 0.15) is 0 Å². The van der Waals surface area contributed by atoms with Crippen molar-refractivity contribution >= 4 is 33.4 Å². The lowest BCUT2D eigenvalue weighted by molar-refractivity contribution is -0.111. The topological polar surface area (TPSA) is 87.3 Å². The zero-order valence-corrected chi connectivity index (χ0v) is 17.3. The van der Waals surface area contributed by atoms with Gasteiger partial charge in [0.25, 0.3) is 0 Å². The Balaban J connectivity index is 1.53. The van der Waals surface area contributed by atoms with Gasteiger partial charge in [-0.3, -0.25) is 4.79 Å². The van der Waals surface area contributed by atoms with Crippen LogP contribution in [-0.4, -0.2) is 27.4 Å². The Hall–Kier alpha value is -2.64. The summed E-state index contributed by atoms with van der Waals surface area (Å²) in [6.07, 6.45) is 9.39. The van der Waals surface area contributed by atoms with Gasteiger partial charge < -0.3 is 10.6 Å². The molecule has 1 aliphatic rings. The van der Waals surface area contributed by atoms with Crippen LogP contribution in [0.2, 0.25) is 0 Å². The first-order chi connectivity index (χ1) is 14.0. The number of anilines is 2. The van der Waals surface area contributed by atoms with E-state index in [4.69, 9.17) is 0 Å². The highest BCUT2D eigenvalue weighted by molar-refractivity contribution is 7.89. The summed E-state index contributed by atoms with van der Waals surface area (Å²) in [5.41, 5.74) is 2.54. The van der Waals surface area contributed by atoms with Gasteiger partial charge in [-0.05, 0) is 67.9 Å². The largest absolute Gasteiger partial charge is 0.382 e. The van der Waals surface area contributed by atoms with E-state index in [2.05, 4.69) is 15.4 Å². The van der Waals surface area contributed by atoms with Gasteiger partial charge in [0, 0.05) is 23.5 Å². The number of rotatable bonds is 7. The van der Waals surface area contributed by atoms with Gasteiger partial charge >= 0.3 is 0 Å². The van der Waals surface area contributed by atoms with Gasteiger partial charge in [0.15, 0.2) is 0 Å². The van der Waals surface area contributed by atoms with Crippen molar-refractivity contribution in [3.05, 3.63) is 60.2 Å². The quantitative estimate of drug-likeness (QED) is 0.599. The minimum atomic E-state index is -3.46. The lowest BCUT2D eigenvalue weighted by atomic mass is 9.95. The minimum absolute atomic E-state index is 0.184. The maximum absolute atomic E-state index is 12.1. The molecular formula is C22H27N3O3S. The Bertz CT molecular complexity index is 946. The van der Waals surface area contributed by atoms with Crippen molar-refractivity contribution in [1.29, 1.82) is 0 Å². The predicted octanol–water partition coefficient (Wildman–Crippen LogP) is 3.99. The lowest BCUT2D eigenvalue weighted by Gasteiger charge is -2.23. The van der Waals surface area contributed by atoms with Gasteiger partial charge in [-0.15, -0.1) is 0 Å². The SMILES string of the molecule is CNS(=O)(=O)c1ccc(/C=C/C(=O)Nc2ccc(NC3CCCCC3)cc2)cc1. The van der Waals surface area contributed by atoms with E-state index in [-0.39, 0.29) is 10.8 Å². The maximum Gasteiger partial charge on any atom is 0.248 e. The molecular weight excluding hydrogens is 386 g/mol. The molecule has 29 heavy (non-hydrogen) atoms. The van der Waals surface area contributed by atoms with Crippen LogP contribution in [0.4, 0.5) is 11.4 Å². The average Bonchev–Trinajstić information content (AvgIpc) is 2.75. The van der Waals surface area contributed by atoms with Crippen LogP contribution in [0, 0.1) is 0 Å². The Morgan fingerprint density at radius 3 is 2.17 bits per heavy atom. The van der Waals surface area contributed by atoms with Gasteiger partial charge in [-0.2, -0.15) is 0 Å². The third-order valence-electron chi connectivity index (χ3n) is 5.01. The Morgan fingerprint density at radius 2 is 1.55 bits per heavy atom. The summed E-state index contributed by atoms with van der Waals surface area (Å²) in [6, 6.07) is 14.6. The van der Waals surface area contributed by atoms with Crippen molar-refractivity contribution in [2.24, 2.45) is 0 Å². The minimum Gasteiger partial charge on any atom is -0.382 e. The highest BCUT2D eigenvalue weighted by atomic mass is 32.2. The Labute approximate surface area is 172 Å². The third kappa shape index (κ3) is 6.17. The number of hydrogen-bond donors (Lipinski definition) is 3. The van der Waals surface area contributed by atoms with E-state index in [1.54, 1.807) is 18.2 Å². The fourth-order valence-corrected chi connectivity index (χ4v) is 4.09. The Kier molecular flexibility index (Phi) is 7.06. The standard InChI is InChI=1S/C22H27N3O3S/c1-23-29(27,28)21-14-7-17(8-15-21)9-16-22(26)25-20-12-10-19(11-13-20)24-18-5-3-2-4-6-18/h7-16,18,23-24H,2-6H2,1H3,(H,25,26)/b16-9+. The van der Waals surface area contributed by atoms with E-state index in [0.717, 1.165) is 16.9 Å². The van der Waals surface area contributed by atoms with Gasteiger partial charge in [0.05, 0.1) is 4.90 Å². The molecule has 3 rings (SSSR count). The molecule has 0 unspecified atom stereocenters. The average molecular weight is 414 g/mol. The highest BCUT2D eigenvalue weighted by Crippen LogP contribution is 2.22. The maximum atomic E-state index is 12.1. The fraction of sp³-hybridized carbons (Fsp3) is 0.318. The molecule has 0 saturated heterocycles. The van der Waals surface area contributed by atoms with Crippen molar-refractivity contribution in [2.45, 2.75) is 43.0 Å². The zero-order chi connectivity index (χ0) is 20.7. The van der Waals surface area contributed by atoms with Crippen LogP contribution in [0.15, 0.2) is 59.5 Å². The van der Waals surface area contributed by atoms with Crippen LogP contribution >= 0.6 is 0 Å². The molecule has 0 aliphatic heterocycles. The summed E-state index contributed by atoms with van der Waals surface area (Å²) in [4.78, 5) is 12.3. The number of sulfonamides is 1. The van der Waals surface area contributed by atoms with E-state index in [1.807, 2.05) is 24.3 Å². The summed E-state index contributed by atoms with van der Waals surface area (Å²) in [5.74, 6) is -0.245. The first kappa shape index (κ1) is 21.1. The highest BCUT2D eigenvalue weighted by Gasteiger charge is 2.13. The van der Waals surface area contributed by atoms with Crippen molar-refractivity contribution in [2.75, 3.05) is 17.7 Å². The number of carbonyl (C=O) groups excluding carboxylic acids is 1. The van der Waals surface area contributed by atoms with E-state index >= 15 is 0 Å². The summed E-state index contributed by atoms with van der Waals surface area (Å²) >= 11 is 0. The molecule has 0 aromatic heterocycles. The van der Waals surface area contributed by atoms with Crippen LogP contribution in [0.25, 0.3) is 6.08 Å². The van der Waals surface area contributed by atoms with Crippen LogP contribution < -0.4 is 15.4 Å². The van der Waals surface area contributed by atoms with Gasteiger partial charge in [-0.1, -0.05) is 31.4 Å². The second-order valence-electron chi connectivity index (χ2n) is 7.16. The van der Waals surface area contributed by atoms with Crippen molar-refractivity contribution in [1.82, 2.24) is 4.72 Å². The van der Waals surface area contributed by atoms with Crippen molar-refractivity contribution in [3.63, 3.8) is 0 Å².